The lowest BCUT2D eigenvalue weighted by Crippen LogP contribution is -2.36. The second-order valence-electron chi connectivity index (χ2n) is 5.51. The second kappa shape index (κ2) is 7.46. The Balaban J connectivity index is 2.22. The molecule has 0 saturated heterocycles. The van der Waals surface area contributed by atoms with Crippen LogP contribution in [0.1, 0.15) is 36.0 Å². The summed E-state index contributed by atoms with van der Waals surface area (Å²) in [6.07, 6.45) is 2.61. The first kappa shape index (κ1) is 17.3. The third kappa shape index (κ3) is 4.01. The maximum absolute atomic E-state index is 12.5. The van der Waals surface area contributed by atoms with Crippen LogP contribution in [0, 0.1) is 11.8 Å². The number of methoxy groups -OCH3 is 1. The smallest absolute Gasteiger partial charge is 0.340 e. The molecule has 1 amide bonds. The minimum Gasteiger partial charge on any atom is -0.481 e. The minimum atomic E-state index is -0.964. The van der Waals surface area contributed by atoms with E-state index in [2.05, 4.69) is 10.1 Å². The standard InChI is InChI=1S/C16H18ClNO5/c1-23-16(22)12-8-9(17)6-7-13(12)18-14(19)10-4-2-3-5-11(10)15(20)21/h6-8,10-11H,2-5H2,1H3,(H,18,19)(H,20,21)/t10-,11-/m0/s1. The van der Waals surface area contributed by atoms with E-state index in [9.17, 15) is 19.5 Å². The van der Waals surface area contributed by atoms with Gasteiger partial charge in [-0.15, -0.1) is 0 Å². The number of benzene rings is 1. The highest BCUT2D eigenvalue weighted by molar-refractivity contribution is 6.31. The number of rotatable bonds is 4. The number of halogens is 1. The van der Waals surface area contributed by atoms with Crippen molar-refractivity contribution in [3.8, 4) is 0 Å². The molecule has 0 spiro atoms. The predicted molar refractivity (Wildman–Crippen MR) is 84.5 cm³/mol. The average molecular weight is 340 g/mol. The number of carboxylic acid groups (broad SMARTS) is 1. The normalized spacial score (nSPS) is 20.6. The monoisotopic (exact) mass is 339 g/mol. The summed E-state index contributed by atoms with van der Waals surface area (Å²) >= 11 is 5.87. The van der Waals surface area contributed by atoms with Crippen LogP contribution in [0.3, 0.4) is 0 Å². The van der Waals surface area contributed by atoms with Crippen molar-refractivity contribution < 1.29 is 24.2 Å². The van der Waals surface area contributed by atoms with E-state index in [1.54, 1.807) is 6.07 Å². The van der Waals surface area contributed by atoms with E-state index in [4.69, 9.17) is 11.6 Å². The molecule has 6 nitrogen and oxygen atoms in total. The van der Waals surface area contributed by atoms with Crippen molar-refractivity contribution in [3.63, 3.8) is 0 Å². The van der Waals surface area contributed by atoms with Crippen molar-refractivity contribution in [3.05, 3.63) is 28.8 Å². The van der Waals surface area contributed by atoms with Crippen molar-refractivity contribution in [2.45, 2.75) is 25.7 Å². The molecule has 0 aliphatic heterocycles. The molecule has 1 aliphatic carbocycles. The lowest BCUT2D eigenvalue weighted by Gasteiger charge is -2.27. The van der Waals surface area contributed by atoms with Gasteiger partial charge in [-0.2, -0.15) is 0 Å². The summed E-state index contributed by atoms with van der Waals surface area (Å²) in [5.41, 5.74) is 0.400. The Kier molecular flexibility index (Phi) is 5.60. The fourth-order valence-electron chi connectivity index (χ4n) is 2.87. The third-order valence-corrected chi connectivity index (χ3v) is 4.30. The Morgan fingerprint density at radius 2 is 1.87 bits per heavy atom. The van der Waals surface area contributed by atoms with Gasteiger partial charge in [0, 0.05) is 5.02 Å². The van der Waals surface area contributed by atoms with Crippen molar-refractivity contribution in [2.24, 2.45) is 11.8 Å². The van der Waals surface area contributed by atoms with E-state index >= 15 is 0 Å². The largest absolute Gasteiger partial charge is 0.481 e. The van der Waals surface area contributed by atoms with Crippen molar-refractivity contribution >= 4 is 35.1 Å². The molecular weight excluding hydrogens is 322 g/mol. The number of ether oxygens (including phenoxy) is 1. The van der Waals surface area contributed by atoms with Gasteiger partial charge < -0.3 is 15.2 Å². The van der Waals surface area contributed by atoms with Crippen LogP contribution in [0.25, 0.3) is 0 Å². The molecule has 2 atom stereocenters. The number of esters is 1. The fraction of sp³-hybridized carbons (Fsp3) is 0.438. The SMILES string of the molecule is COC(=O)c1cc(Cl)ccc1NC(=O)[C@H]1CCCC[C@@H]1C(=O)O. The van der Waals surface area contributed by atoms with Crippen LogP contribution in [-0.2, 0) is 14.3 Å². The molecule has 23 heavy (non-hydrogen) atoms. The van der Waals surface area contributed by atoms with Gasteiger partial charge >= 0.3 is 11.9 Å². The summed E-state index contributed by atoms with van der Waals surface area (Å²) in [5, 5.41) is 12.3. The van der Waals surface area contributed by atoms with E-state index in [1.165, 1.54) is 19.2 Å². The maximum atomic E-state index is 12.5. The van der Waals surface area contributed by atoms with Crippen LogP contribution < -0.4 is 5.32 Å². The number of hydrogen-bond donors (Lipinski definition) is 2. The van der Waals surface area contributed by atoms with Gasteiger partial charge in [0.15, 0.2) is 0 Å². The fourth-order valence-corrected chi connectivity index (χ4v) is 3.04. The Morgan fingerprint density at radius 1 is 1.22 bits per heavy atom. The molecule has 124 valence electrons. The number of nitrogens with one attached hydrogen (secondary N) is 1. The number of amides is 1. The number of aliphatic carboxylic acids is 1. The van der Waals surface area contributed by atoms with Gasteiger partial charge in [-0.05, 0) is 31.0 Å². The Morgan fingerprint density at radius 3 is 2.48 bits per heavy atom. The van der Waals surface area contributed by atoms with Crippen LogP contribution >= 0.6 is 11.6 Å². The zero-order valence-electron chi connectivity index (χ0n) is 12.7. The molecule has 0 bridgehead atoms. The average Bonchev–Trinajstić information content (AvgIpc) is 2.55. The lowest BCUT2D eigenvalue weighted by atomic mass is 9.78. The van der Waals surface area contributed by atoms with Crippen LogP contribution in [-0.4, -0.2) is 30.1 Å². The number of anilines is 1. The highest BCUT2D eigenvalue weighted by atomic mass is 35.5. The number of hydrogen-bond acceptors (Lipinski definition) is 4. The number of carboxylic acids is 1. The van der Waals surface area contributed by atoms with Crippen LogP contribution in [0.2, 0.25) is 5.02 Å². The van der Waals surface area contributed by atoms with E-state index < -0.39 is 29.7 Å². The zero-order chi connectivity index (χ0) is 17.0. The second-order valence-corrected chi connectivity index (χ2v) is 5.94. The molecule has 1 fully saturated rings. The van der Waals surface area contributed by atoms with Gasteiger partial charge in [0.25, 0.3) is 0 Å². The summed E-state index contributed by atoms with van der Waals surface area (Å²) < 4.78 is 4.68. The van der Waals surface area contributed by atoms with E-state index in [-0.39, 0.29) is 11.3 Å². The first-order valence-corrected chi connectivity index (χ1v) is 7.73. The highest BCUT2D eigenvalue weighted by Crippen LogP contribution is 2.32. The van der Waals surface area contributed by atoms with Crippen LogP contribution in [0.4, 0.5) is 5.69 Å². The molecule has 0 heterocycles. The molecule has 0 unspecified atom stereocenters. The van der Waals surface area contributed by atoms with Gasteiger partial charge in [0.1, 0.15) is 0 Å². The quantitative estimate of drug-likeness (QED) is 0.823. The highest BCUT2D eigenvalue weighted by Gasteiger charge is 2.36. The zero-order valence-corrected chi connectivity index (χ0v) is 13.4. The van der Waals surface area contributed by atoms with Crippen molar-refractivity contribution in [1.29, 1.82) is 0 Å². The van der Waals surface area contributed by atoms with Gasteiger partial charge in [0.05, 0.1) is 30.2 Å². The molecule has 1 saturated carbocycles. The van der Waals surface area contributed by atoms with Crippen molar-refractivity contribution in [1.82, 2.24) is 0 Å². The van der Waals surface area contributed by atoms with Gasteiger partial charge in [-0.3, -0.25) is 9.59 Å². The Hall–Kier alpha value is -2.08. The van der Waals surface area contributed by atoms with Gasteiger partial charge in [-0.1, -0.05) is 24.4 Å². The minimum absolute atomic E-state index is 0.135. The third-order valence-electron chi connectivity index (χ3n) is 4.06. The summed E-state index contributed by atoms with van der Waals surface area (Å²) in [6, 6.07) is 4.45. The van der Waals surface area contributed by atoms with Crippen LogP contribution in [0.15, 0.2) is 18.2 Å². The maximum Gasteiger partial charge on any atom is 0.340 e. The first-order valence-electron chi connectivity index (χ1n) is 7.35. The summed E-state index contributed by atoms with van der Waals surface area (Å²) in [6.45, 7) is 0. The summed E-state index contributed by atoms with van der Waals surface area (Å²) in [4.78, 5) is 35.6. The van der Waals surface area contributed by atoms with Gasteiger partial charge in [0.2, 0.25) is 5.91 Å². The Labute approximate surface area is 138 Å². The molecule has 2 rings (SSSR count). The molecule has 1 aromatic carbocycles. The number of carbonyl (C=O) groups excluding carboxylic acids is 2. The van der Waals surface area contributed by atoms with Crippen molar-refractivity contribution in [2.75, 3.05) is 12.4 Å². The predicted octanol–water partition coefficient (Wildman–Crippen LogP) is 2.96. The summed E-state index contributed by atoms with van der Waals surface area (Å²) in [7, 11) is 1.23. The molecular formula is C16H18ClNO5. The lowest BCUT2D eigenvalue weighted by molar-refractivity contribution is -0.147. The van der Waals surface area contributed by atoms with E-state index in [1.807, 2.05) is 0 Å². The molecule has 2 N–H and O–H groups in total. The first-order chi connectivity index (χ1) is 10.9. The van der Waals surface area contributed by atoms with E-state index in [0.29, 0.717) is 17.9 Å². The molecule has 0 aromatic heterocycles. The van der Waals surface area contributed by atoms with Gasteiger partial charge in [-0.25, -0.2) is 4.79 Å². The summed E-state index contributed by atoms with van der Waals surface area (Å²) in [5.74, 6) is -3.29. The molecule has 7 heteroatoms. The molecule has 1 aliphatic rings. The Bertz CT molecular complexity index is 631. The molecule has 0 radical (unpaired) electrons. The van der Waals surface area contributed by atoms with E-state index in [0.717, 1.165) is 12.8 Å². The molecule has 1 aromatic rings. The number of carbonyl (C=O) groups is 3. The van der Waals surface area contributed by atoms with Crippen LogP contribution in [0.5, 0.6) is 0 Å². The topological polar surface area (TPSA) is 92.7 Å².